The fraction of sp³-hybridized carbons (Fsp3) is 0.200. The van der Waals surface area contributed by atoms with E-state index in [0.717, 1.165) is 22.6 Å². The van der Waals surface area contributed by atoms with Crippen molar-refractivity contribution in [2.75, 3.05) is 5.32 Å². The van der Waals surface area contributed by atoms with Crippen molar-refractivity contribution in [2.45, 2.75) is 20.8 Å². The molecule has 148 valence electrons. The van der Waals surface area contributed by atoms with Gasteiger partial charge in [-0.15, -0.1) is 0 Å². The Morgan fingerprint density at radius 3 is 2.41 bits per heavy atom. The fourth-order valence-corrected chi connectivity index (χ4v) is 3.20. The summed E-state index contributed by atoms with van der Waals surface area (Å²) in [5.74, 6) is 1.69. The normalized spacial score (nSPS) is 11.1. The fourth-order valence-electron chi connectivity index (χ4n) is 3.20. The Labute approximate surface area is 166 Å². The quantitative estimate of drug-likeness (QED) is 0.550. The number of nitrogens with one attached hydrogen (secondary N) is 1. The Morgan fingerprint density at radius 1 is 1.03 bits per heavy atom. The molecular weight excluding hydrogens is 373 g/mol. The number of aromatic nitrogens is 6. The van der Waals surface area contributed by atoms with Gasteiger partial charge in [-0.2, -0.15) is 10.2 Å². The molecule has 3 heterocycles. The van der Waals surface area contributed by atoms with Crippen molar-refractivity contribution < 1.29 is 9.50 Å². The van der Waals surface area contributed by atoms with E-state index in [4.69, 9.17) is 0 Å². The van der Waals surface area contributed by atoms with Gasteiger partial charge in [-0.3, -0.25) is 4.68 Å². The standard InChI is InChI=1S/C20H20FN7O/c1-11-18(14-5-7-15(21)8-6-14)26-27(4)20(11)24-16-9-17(23-10-22-16)28-13(3)19(29)12(2)25-28/h5-10,29H,1-4H3,(H,22,23,24). The lowest BCUT2D eigenvalue weighted by molar-refractivity contribution is 0.466. The molecule has 0 atom stereocenters. The average Bonchev–Trinajstić information content (AvgIpc) is 3.13. The molecular formula is C20H20FN7O. The molecule has 4 rings (SSSR count). The van der Waals surface area contributed by atoms with Gasteiger partial charge in [0.05, 0.1) is 11.4 Å². The number of nitrogens with zero attached hydrogens (tertiary/aromatic N) is 6. The van der Waals surface area contributed by atoms with E-state index in [9.17, 15) is 9.50 Å². The van der Waals surface area contributed by atoms with Gasteiger partial charge in [-0.25, -0.2) is 19.0 Å². The zero-order valence-electron chi connectivity index (χ0n) is 16.5. The number of anilines is 2. The summed E-state index contributed by atoms with van der Waals surface area (Å²) in [6, 6.07) is 7.97. The first kappa shape index (κ1) is 18.6. The summed E-state index contributed by atoms with van der Waals surface area (Å²) < 4.78 is 16.5. The van der Waals surface area contributed by atoms with Crippen molar-refractivity contribution in [3.05, 3.63) is 59.4 Å². The molecule has 0 saturated heterocycles. The number of hydrogen-bond acceptors (Lipinski definition) is 6. The van der Waals surface area contributed by atoms with Crippen molar-refractivity contribution >= 4 is 11.6 Å². The van der Waals surface area contributed by atoms with Crippen molar-refractivity contribution in [1.82, 2.24) is 29.5 Å². The summed E-state index contributed by atoms with van der Waals surface area (Å²) in [4.78, 5) is 8.53. The van der Waals surface area contributed by atoms with Crippen LogP contribution in [0.2, 0.25) is 0 Å². The molecule has 0 unspecified atom stereocenters. The Hall–Kier alpha value is -3.75. The second-order valence-electron chi connectivity index (χ2n) is 6.77. The number of hydrogen-bond donors (Lipinski definition) is 2. The van der Waals surface area contributed by atoms with Crippen LogP contribution in [-0.2, 0) is 7.05 Å². The van der Waals surface area contributed by atoms with Gasteiger partial charge in [0.15, 0.2) is 11.6 Å². The third-order valence-corrected chi connectivity index (χ3v) is 4.77. The van der Waals surface area contributed by atoms with E-state index in [0.29, 0.717) is 23.0 Å². The Bertz CT molecular complexity index is 1190. The van der Waals surface area contributed by atoms with E-state index in [1.165, 1.54) is 18.5 Å². The number of aryl methyl sites for hydroxylation is 2. The molecule has 0 fully saturated rings. The third kappa shape index (κ3) is 3.31. The lowest BCUT2D eigenvalue weighted by Gasteiger charge is -2.09. The predicted molar refractivity (Wildman–Crippen MR) is 107 cm³/mol. The smallest absolute Gasteiger partial charge is 0.160 e. The molecule has 3 aromatic heterocycles. The van der Waals surface area contributed by atoms with Crippen LogP contribution in [0.3, 0.4) is 0 Å². The summed E-state index contributed by atoms with van der Waals surface area (Å²) in [5.41, 5.74) is 3.62. The molecule has 9 heteroatoms. The molecule has 2 N–H and O–H groups in total. The summed E-state index contributed by atoms with van der Waals surface area (Å²) in [5, 5.41) is 22.1. The van der Waals surface area contributed by atoms with E-state index in [1.807, 2.05) is 14.0 Å². The molecule has 0 bridgehead atoms. The molecule has 29 heavy (non-hydrogen) atoms. The van der Waals surface area contributed by atoms with Gasteiger partial charge >= 0.3 is 0 Å². The van der Waals surface area contributed by atoms with Crippen LogP contribution in [0.1, 0.15) is 17.0 Å². The highest BCUT2D eigenvalue weighted by Crippen LogP contribution is 2.30. The van der Waals surface area contributed by atoms with Gasteiger partial charge < -0.3 is 10.4 Å². The van der Waals surface area contributed by atoms with E-state index in [1.54, 1.807) is 41.4 Å². The van der Waals surface area contributed by atoms with Crippen molar-refractivity contribution in [3.8, 4) is 22.8 Å². The highest BCUT2D eigenvalue weighted by molar-refractivity contribution is 5.71. The summed E-state index contributed by atoms with van der Waals surface area (Å²) in [7, 11) is 1.82. The maximum Gasteiger partial charge on any atom is 0.160 e. The Kier molecular flexibility index (Phi) is 4.50. The molecule has 0 aliphatic rings. The van der Waals surface area contributed by atoms with E-state index < -0.39 is 0 Å². The van der Waals surface area contributed by atoms with E-state index >= 15 is 0 Å². The molecule has 0 saturated carbocycles. The summed E-state index contributed by atoms with van der Waals surface area (Å²) in [6.45, 7) is 5.44. The zero-order chi connectivity index (χ0) is 20.7. The zero-order valence-corrected chi connectivity index (χ0v) is 16.5. The first-order valence-corrected chi connectivity index (χ1v) is 8.99. The second-order valence-corrected chi connectivity index (χ2v) is 6.77. The minimum Gasteiger partial charge on any atom is -0.504 e. The van der Waals surface area contributed by atoms with Crippen LogP contribution in [0.4, 0.5) is 16.0 Å². The van der Waals surface area contributed by atoms with E-state index in [-0.39, 0.29) is 11.6 Å². The van der Waals surface area contributed by atoms with Crippen LogP contribution < -0.4 is 5.32 Å². The van der Waals surface area contributed by atoms with Crippen LogP contribution in [-0.4, -0.2) is 34.6 Å². The molecule has 0 spiro atoms. The Morgan fingerprint density at radius 2 is 1.76 bits per heavy atom. The van der Waals surface area contributed by atoms with Crippen LogP contribution in [0.15, 0.2) is 36.7 Å². The van der Waals surface area contributed by atoms with Crippen LogP contribution in [0.5, 0.6) is 5.75 Å². The highest BCUT2D eigenvalue weighted by Gasteiger charge is 2.16. The molecule has 8 nitrogen and oxygen atoms in total. The number of benzene rings is 1. The highest BCUT2D eigenvalue weighted by atomic mass is 19.1. The predicted octanol–water partition coefficient (Wildman–Crippen LogP) is 3.58. The lowest BCUT2D eigenvalue weighted by atomic mass is 10.1. The van der Waals surface area contributed by atoms with E-state index in [2.05, 4.69) is 25.5 Å². The van der Waals surface area contributed by atoms with Crippen molar-refractivity contribution in [2.24, 2.45) is 7.05 Å². The second kappa shape index (κ2) is 7.01. The lowest BCUT2D eigenvalue weighted by Crippen LogP contribution is -2.06. The third-order valence-electron chi connectivity index (χ3n) is 4.77. The first-order valence-electron chi connectivity index (χ1n) is 8.99. The maximum absolute atomic E-state index is 13.2. The van der Waals surface area contributed by atoms with Gasteiger partial charge in [0.2, 0.25) is 0 Å². The topological polar surface area (TPSA) is 93.7 Å². The summed E-state index contributed by atoms with van der Waals surface area (Å²) in [6.07, 6.45) is 1.43. The van der Waals surface area contributed by atoms with Gasteiger partial charge in [-0.1, -0.05) is 0 Å². The minimum absolute atomic E-state index is 0.143. The van der Waals surface area contributed by atoms with Gasteiger partial charge in [0, 0.05) is 24.2 Å². The monoisotopic (exact) mass is 393 g/mol. The summed E-state index contributed by atoms with van der Waals surface area (Å²) >= 11 is 0. The SMILES string of the molecule is Cc1nn(-c2cc(Nc3c(C)c(-c4ccc(F)cc4)nn3C)ncn2)c(C)c1O. The largest absolute Gasteiger partial charge is 0.504 e. The molecule has 0 aliphatic carbocycles. The molecule has 0 amide bonds. The van der Waals surface area contributed by atoms with Gasteiger partial charge in [0.1, 0.15) is 29.5 Å². The minimum atomic E-state index is -0.288. The number of aromatic hydroxyl groups is 1. The van der Waals surface area contributed by atoms with Crippen molar-refractivity contribution in [1.29, 1.82) is 0 Å². The van der Waals surface area contributed by atoms with Gasteiger partial charge in [0.25, 0.3) is 0 Å². The van der Waals surface area contributed by atoms with Crippen LogP contribution >= 0.6 is 0 Å². The van der Waals surface area contributed by atoms with Gasteiger partial charge in [-0.05, 0) is 45.0 Å². The van der Waals surface area contributed by atoms with Crippen LogP contribution in [0, 0.1) is 26.6 Å². The number of rotatable bonds is 4. The average molecular weight is 393 g/mol. The molecule has 0 radical (unpaired) electrons. The molecule has 0 aliphatic heterocycles. The molecule has 1 aromatic carbocycles. The first-order chi connectivity index (χ1) is 13.8. The number of halogens is 1. The van der Waals surface area contributed by atoms with Crippen LogP contribution in [0.25, 0.3) is 17.1 Å². The maximum atomic E-state index is 13.2. The molecule has 4 aromatic rings. The van der Waals surface area contributed by atoms with Crippen molar-refractivity contribution in [3.63, 3.8) is 0 Å². The Balaban J connectivity index is 1.68.